The molecule has 1 aromatic carbocycles. The molecule has 4 aromatic rings. The van der Waals surface area contributed by atoms with E-state index in [1.807, 2.05) is 0 Å². The third-order valence-corrected chi connectivity index (χ3v) is 6.13. The van der Waals surface area contributed by atoms with Gasteiger partial charge in [0.05, 0.1) is 5.92 Å². The second-order valence-electron chi connectivity index (χ2n) is 9.01. The standard InChI is InChI=1S/C19H14F4N4O2.C7H6F3N3O/c20-13-4-1-11(2-5-13)14-7-8-27(18(14)28)10-16-25-17(26-29-16)12-3-6-15(24-9-12)19(21,22)23;8-7(9,10)5-2-1-4(3-12-5)6(11)13-14/h1-6,9,14H,7-8,10H2;1-3,14H,(H2,11,13). The molecular formula is C26H20F7N7O3. The Labute approximate surface area is 237 Å². The Kier molecular flexibility index (Phi) is 8.91. The fourth-order valence-corrected chi connectivity index (χ4v) is 3.96. The maximum Gasteiger partial charge on any atom is 0.433 e. The number of likely N-dealkylation sites (tertiary alicyclic amines) is 1. The minimum absolute atomic E-state index is 0.0809. The monoisotopic (exact) mass is 611 g/mol. The van der Waals surface area contributed by atoms with E-state index in [4.69, 9.17) is 15.5 Å². The number of hydrogen-bond donors (Lipinski definition) is 2. The lowest BCUT2D eigenvalue weighted by atomic mass is 9.98. The third kappa shape index (κ3) is 7.60. The summed E-state index contributed by atoms with van der Waals surface area (Å²) in [5, 5.41) is 14.6. The number of oxime groups is 1. The van der Waals surface area contributed by atoms with Gasteiger partial charge in [0.1, 0.15) is 23.7 Å². The van der Waals surface area contributed by atoms with Crippen molar-refractivity contribution in [2.75, 3.05) is 6.54 Å². The Morgan fingerprint density at radius 2 is 1.60 bits per heavy atom. The number of amides is 1. The second-order valence-corrected chi connectivity index (χ2v) is 9.01. The molecule has 1 aliphatic rings. The quantitative estimate of drug-likeness (QED) is 0.106. The molecule has 3 aromatic heterocycles. The van der Waals surface area contributed by atoms with Gasteiger partial charge in [0.15, 0.2) is 5.84 Å². The number of carbonyl (C=O) groups is 1. The van der Waals surface area contributed by atoms with Gasteiger partial charge in [0.25, 0.3) is 0 Å². The zero-order valence-electron chi connectivity index (χ0n) is 21.6. The van der Waals surface area contributed by atoms with Gasteiger partial charge in [0.2, 0.25) is 17.6 Å². The molecule has 226 valence electrons. The van der Waals surface area contributed by atoms with Crippen LogP contribution in [0, 0.1) is 5.82 Å². The summed E-state index contributed by atoms with van der Waals surface area (Å²) in [5.41, 5.74) is 4.23. The molecule has 1 aliphatic heterocycles. The Morgan fingerprint density at radius 3 is 2.14 bits per heavy atom. The SMILES string of the molecule is NC(=NO)c1ccc(C(F)(F)F)nc1.O=C1C(c2ccc(F)cc2)CCN1Cc1nc(-c2ccc(C(F)(F)F)nc2)no1. The Morgan fingerprint density at radius 1 is 0.977 bits per heavy atom. The summed E-state index contributed by atoms with van der Waals surface area (Å²) in [6, 6.07) is 9.67. The highest BCUT2D eigenvalue weighted by molar-refractivity contribution is 5.96. The highest BCUT2D eigenvalue weighted by Gasteiger charge is 2.35. The van der Waals surface area contributed by atoms with Gasteiger partial charge in [-0.3, -0.25) is 14.8 Å². The van der Waals surface area contributed by atoms with E-state index < -0.39 is 23.7 Å². The molecule has 5 rings (SSSR count). The zero-order valence-corrected chi connectivity index (χ0v) is 21.6. The molecule has 0 radical (unpaired) electrons. The van der Waals surface area contributed by atoms with Crippen molar-refractivity contribution in [3.8, 4) is 11.4 Å². The number of hydrogen-bond acceptors (Lipinski definition) is 8. The van der Waals surface area contributed by atoms with Gasteiger partial charge in [-0.1, -0.05) is 22.4 Å². The average molecular weight is 611 g/mol. The maximum atomic E-state index is 13.1. The highest BCUT2D eigenvalue weighted by atomic mass is 19.4. The largest absolute Gasteiger partial charge is 0.433 e. The van der Waals surface area contributed by atoms with Crippen molar-refractivity contribution in [1.82, 2.24) is 25.0 Å². The number of benzene rings is 1. The van der Waals surface area contributed by atoms with Gasteiger partial charge >= 0.3 is 12.4 Å². The number of rotatable bonds is 5. The van der Waals surface area contributed by atoms with Crippen molar-refractivity contribution in [1.29, 1.82) is 0 Å². The normalized spacial score (nSPS) is 15.8. The minimum atomic E-state index is -4.53. The number of aromatic nitrogens is 4. The molecule has 43 heavy (non-hydrogen) atoms. The van der Waals surface area contributed by atoms with Crippen LogP contribution in [-0.2, 0) is 23.7 Å². The molecule has 10 nitrogen and oxygen atoms in total. The number of amidine groups is 1. The van der Waals surface area contributed by atoms with Gasteiger partial charge in [0, 0.05) is 30.1 Å². The first-order valence-electron chi connectivity index (χ1n) is 12.2. The molecule has 1 atom stereocenters. The molecule has 1 fully saturated rings. The average Bonchev–Trinajstić information content (AvgIpc) is 3.59. The fourth-order valence-electron chi connectivity index (χ4n) is 3.96. The third-order valence-electron chi connectivity index (χ3n) is 6.13. The molecule has 3 N–H and O–H groups in total. The van der Waals surface area contributed by atoms with Gasteiger partial charge in [-0.15, -0.1) is 0 Å². The van der Waals surface area contributed by atoms with E-state index in [1.54, 1.807) is 17.0 Å². The van der Waals surface area contributed by atoms with Crippen LogP contribution in [0.4, 0.5) is 30.7 Å². The van der Waals surface area contributed by atoms with Crippen LogP contribution in [0.25, 0.3) is 11.4 Å². The topological polar surface area (TPSA) is 144 Å². The molecule has 0 aliphatic carbocycles. The Balaban J connectivity index is 0.000000255. The summed E-state index contributed by atoms with van der Waals surface area (Å²) in [4.78, 5) is 24.8. The van der Waals surface area contributed by atoms with Crippen LogP contribution in [0.5, 0.6) is 0 Å². The van der Waals surface area contributed by atoms with E-state index in [0.29, 0.717) is 13.0 Å². The first-order chi connectivity index (χ1) is 20.3. The van der Waals surface area contributed by atoms with Crippen molar-refractivity contribution < 1.29 is 45.3 Å². The van der Waals surface area contributed by atoms with Crippen molar-refractivity contribution in [2.45, 2.75) is 31.2 Å². The Hall–Kier alpha value is -5.09. The number of carbonyl (C=O) groups excluding carboxylic acids is 1. The lowest BCUT2D eigenvalue weighted by Crippen LogP contribution is -2.26. The predicted octanol–water partition coefficient (Wildman–Crippen LogP) is 5.00. The van der Waals surface area contributed by atoms with E-state index in [-0.39, 0.29) is 52.9 Å². The predicted molar refractivity (Wildman–Crippen MR) is 133 cm³/mol. The molecule has 17 heteroatoms. The van der Waals surface area contributed by atoms with E-state index in [1.165, 1.54) is 18.2 Å². The first-order valence-corrected chi connectivity index (χ1v) is 12.2. The summed E-state index contributed by atoms with van der Waals surface area (Å²) >= 11 is 0. The lowest BCUT2D eigenvalue weighted by molar-refractivity contribution is -0.141. The van der Waals surface area contributed by atoms with Gasteiger partial charge in [-0.05, 0) is 48.4 Å². The molecule has 0 spiro atoms. The lowest BCUT2D eigenvalue weighted by Gasteiger charge is -2.14. The van der Waals surface area contributed by atoms with E-state index in [9.17, 15) is 35.5 Å². The summed E-state index contributed by atoms with van der Waals surface area (Å²) in [7, 11) is 0. The highest BCUT2D eigenvalue weighted by Crippen LogP contribution is 2.31. The zero-order chi connectivity index (χ0) is 31.4. The van der Waals surface area contributed by atoms with Gasteiger partial charge in [-0.2, -0.15) is 31.3 Å². The van der Waals surface area contributed by atoms with Crippen LogP contribution >= 0.6 is 0 Å². The van der Waals surface area contributed by atoms with Crippen molar-refractivity contribution in [3.05, 3.63) is 95.1 Å². The summed E-state index contributed by atoms with van der Waals surface area (Å²) in [6.45, 7) is 0.554. The molecule has 0 bridgehead atoms. The number of nitrogens with zero attached hydrogens (tertiary/aromatic N) is 6. The van der Waals surface area contributed by atoms with E-state index in [0.717, 1.165) is 36.2 Å². The van der Waals surface area contributed by atoms with Crippen molar-refractivity contribution >= 4 is 11.7 Å². The number of pyridine rings is 2. The van der Waals surface area contributed by atoms with Gasteiger partial charge in [-0.25, -0.2) is 4.39 Å². The van der Waals surface area contributed by atoms with E-state index in [2.05, 4.69) is 25.3 Å². The molecule has 4 heterocycles. The number of nitrogens with two attached hydrogens (primary N) is 1. The Bertz CT molecular complexity index is 1570. The second kappa shape index (κ2) is 12.4. The van der Waals surface area contributed by atoms with Crippen molar-refractivity contribution in [3.63, 3.8) is 0 Å². The van der Waals surface area contributed by atoms with Crippen LogP contribution in [0.15, 0.2) is 70.6 Å². The first kappa shape index (κ1) is 30.9. The van der Waals surface area contributed by atoms with Gasteiger partial charge < -0.3 is 20.4 Å². The minimum Gasteiger partial charge on any atom is -0.409 e. The number of alkyl halides is 6. The van der Waals surface area contributed by atoms with Crippen LogP contribution in [0.1, 0.15) is 40.7 Å². The van der Waals surface area contributed by atoms with Crippen LogP contribution in [0.3, 0.4) is 0 Å². The van der Waals surface area contributed by atoms with Crippen molar-refractivity contribution in [2.24, 2.45) is 10.9 Å². The molecule has 1 amide bonds. The molecule has 1 unspecified atom stereocenters. The van der Waals surface area contributed by atoms with Crippen LogP contribution < -0.4 is 5.73 Å². The summed E-state index contributed by atoms with van der Waals surface area (Å²) < 4.78 is 92.1. The van der Waals surface area contributed by atoms with E-state index >= 15 is 0 Å². The smallest absolute Gasteiger partial charge is 0.409 e. The molecule has 1 saturated heterocycles. The fraction of sp³-hybridized carbons (Fsp3) is 0.231. The number of halogens is 7. The van der Waals surface area contributed by atoms with Crippen LogP contribution in [-0.4, -0.2) is 48.5 Å². The summed E-state index contributed by atoms with van der Waals surface area (Å²) in [5.74, 6) is -0.904. The molecular weight excluding hydrogens is 591 g/mol. The molecule has 0 saturated carbocycles. The van der Waals surface area contributed by atoms with Crippen LogP contribution in [0.2, 0.25) is 0 Å². The maximum absolute atomic E-state index is 13.1. The summed E-state index contributed by atoms with van der Waals surface area (Å²) in [6.07, 6.45) is -6.53.